The maximum Gasteiger partial charge on any atom is 0.258 e. The first kappa shape index (κ1) is 21.3. The summed E-state index contributed by atoms with van der Waals surface area (Å²) in [5.41, 5.74) is 4.37. The Kier molecular flexibility index (Phi) is 6.35. The molecule has 1 aliphatic rings. The average Bonchev–Trinajstić information content (AvgIpc) is 3.50. The number of thiazole rings is 2. The maximum atomic E-state index is 12.9. The normalized spacial score (nSPS) is 14.8. The topological polar surface area (TPSA) is 70.8 Å². The van der Waals surface area contributed by atoms with Gasteiger partial charge >= 0.3 is 0 Å². The van der Waals surface area contributed by atoms with E-state index in [0.29, 0.717) is 25.2 Å². The van der Waals surface area contributed by atoms with Crippen molar-refractivity contribution in [3.05, 3.63) is 80.1 Å². The molecule has 4 heterocycles. The summed E-state index contributed by atoms with van der Waals surface area (Å²) in [5, 5.41) is 3.92. The summed E-state index contributed by atoms with van der Waals surface area (Å²) in [4.78, 5) is 40.0. The minimum absolute atomic E-state index is 0.0479. The van der Waals surface area contributed by atoms with E-state index in [1.807, 2.05) is 40.1 Å². The standard InChI is InChI=1S/C22H21N5O2S3/c28-20-11-17(24-22-27(20)9-10-31-22)12-25-5-7-26(8-6-25)21(29)16-1-3-19(4-2-16)32-14-18-13-30-15-23-18/h1-4,9-11,13,15H,5-8,12,14H2. The molecule has 1 aliphatic heterocycles. The molecule has 0 atom stereocenters. The van der Waals surface area contributed by atoms with Crippen LogP contribution in [-0.2, 0) is 12.3 Å². The highest BCUT2D eigenvalue weighted by molar-refractivity contribution is 7.98. The van der Waals surface area contributed by atoms with Gasteiger partial charge in [0.25, 0.3) is 11.5 Å². The van der Waals surface area contributed by atoms with E-state index in [4.69, 9.17) is 0 Å². The summed E-state index contributed by atoms with van der Waals surface area (Å²) in [7, 11) is 0. The van der Waals surface area contributed by atoms with Crippen LogP contribution in [0.15, 0.2) is 62.5 Å². The Morgan fingerprint density at radius 1 is 1.09 bits per heavy atom. The molecule has 1 amide bonds. The Balaban J connectivity index is 1.15. The van der Waals surface area contributed by atoms with Crippen molar-refractivity contribution in [2.45, 2.75) is 17.2 Å². The molecule has 0 N–H and O–H groups in total. The summed E-state index contributed by atoms with van der Waals surface area (Å²) >= 11 is 4.78. The number of nitrogens with zero attached hydrogens (tertiary/aromatic N) is 5. The van der Waals surface area contributed by atoms with E-state index >= 15 is 0 Å². The molecule has 0 aliphatic carbocycles. The molecule has 7 nitrogen and oxygen atoms in total. The van der Waals surface area contributed by atoms with Crippen LogP contribution in [0.4, 0.5) is 0 Å². The smallest absolute Gasteiger partial charge is 0.258 e. The second-order valence-electron chi connectivity index (χ2n) is 7.50. The van der Waals surface area contributed by atoms with Gasteiger partial charge in [-0.05, 0) is 24.3 Å². The molecule has 4 aromatic rings. The Morgan fingerprint density at radius 2 is 1.91 bits per heavy atom. The number of piperazine rings is 1. The Morgan fingerprint density at radius 3 is 2.66 bits per heavy atom. The molecule has 32 heavy (non-hydrogen) atoms. The number of benzene rings is 1. The molecular formula is C22H21N5O2S3. The van der Waals surface area contributed by atoms with Crippen LogP contribution in [0.2, 0.25) is 0 Å². The van der Waals surface area contributed by atoms with Gasteiger partial charge in [0, 0.05) is 72.0 Å². The Labute approximate surface area is 197 Å². The van der Waals surface area contributed by atoms with E-state index < -0.39 is 0 Å². The van der Waals surface area contributed by atoms with E-state index in [1.165, 1.54) is 11.3 Å². The molecule has 164 valence electrons. The molecule has 0 bridgehead atoms. The number of amides is 1. The van der Waals surface area contributed by atoms with Crippen molar-refractivity contribution in [3.63, 3.8) is 0 Å². The fourth-order valence-corrected chi connectivity index (χ4v) is 5.85. The second-order valence-corrected chi connectivity index (χ2v) is 10.1. The fourth-order valence-electron chi connectivity index (χ4n) is 3.65. The number of aromatic nitrogens is 3. The molecule has 1 aromatic carbocycles. The number of carbonyl (C=O) groups is 1. The van der Waals surface area contributed by atoms with Crippen molar-refractivity contribution in [3.8, 4) is 0 Å². The summed E-state index contributed by atoms with van der Waals surface area (Å²) in [6.07, 6.45) is 1.75. The summed E-state index contributed by atoms with van der Waals surface area (Å²) < 4.78 is 1.56. The zero-order chi connectivity index (χ0) is 21.9. The fraction of sp³-hybridized carbons (Fsp3) is 0.273. The van der Waals surface area contributed by atoms with Crippen LogP contribution in [-0.4, -0.2) is 56.3 Å². The lowest BCUT2D eigenvalue weighted by Crippen LogP contribution is -2.48. The molecule has 3 aromatic heterocycles. The predicted molar refractivity (Wildman–Crippen MR) is 129 cm³/mol. The maximum absolute atomic E-state index is 12.9. The van der Waals surface area contributed by atoms with Crippen molar-refractivity contribution < 1.29 is 4.79 Å². The van der Waals surface area contributed by atoms with E-state index in [0.717, 1.165) is 40.1 Å². The van der Waals surface area contributed by atoms with Crippen LogP contribution in [0, 0.1) is 0 Å². The molecule has 5 rings (SSSR count). The van der Waals surface area contributed by atoms with E-state index in [2.05, 4.69) is 20.2 Å². The monoisotopic (exact) mass is 483 g/mol. The van der Waals surface area contributed by atoms with Gasteiger partial charge in [-0.15, -0.1) is 34.4 Å². The van der Waals surface area contributed by atoms with Crippen molar-refractivity contribution in [2.24, 2.45) is 0 Å². The van der Waals surface area contributed by atoms with Gasteiger partial charge < -0.3 is 4.90 Å². The van der Waals surface area contributed by atoms with Gasteiger partial charge in [0.05, 0.1) is 16.9 Å². The zero-order valence-corrected chi connectivity index (χ0v) is 19.7. The zero-order valence-electron chi connectivity index (χ0n) is 17.2. The van der Waals surface area contributed by atoms with Gasteiger partial charge in [-0.25, -0.2) is 9.97 Å². The highest BCUT2D eigenvalue weighted by Crippen LogP contribution is 2.23. The second kappa shape index (κ2) is 9.53. The van der Waals surface area contributed by atoms with Gasteiger partial charge in [-0.3, -0.25) is 18.9 Å². The lowest BCUT2D eigenvalue weighted by Gasteiger charge is -2.34. The van der Waals surface area contributed by atoms with Crippen molar-refractivity contribution in [1.82, 2.24) is 24.2 Å². The number of fused-ring (bicyclic) bond motifs is 1. The number of thioether (sulfide) groups is 1. The Bertz CT molecular complexity index is 1260. The van der Waals surface area contributed by atoms with Crippen LogP contribution in [0.1, 0.15) is 21.7 Å². The van der Waals surface area contributed by atoms with E-state index in [1.54, 1.807) is 39.8 Å². The summed E-state index contributed by atoms with van der Waals surface area (Å²) in [5.74, 6) is 0.900. The van der Waals surface area contributed by atoms with Crippen LogP contribution in [0.25, 0.3) is 4.96 Å². The molecular weight excluding hydrogens is 462 g/mol. The third-order valence-corrected chi connectivity index (χ3v) is 7.81. The minimum atomic E-state index is -0.0479. The first-order valence-corrected chi connectivity index (χ1v) is 13.0. The molecule has 0 unspecified atom stereocenters. The SMILES string of the molecule is O=C(c1ccc(SCc2cscn2)cc1)N1CCN(Cc2cc(=O)n3ccsc3n2)CC1. The van der Waals surface area contributed by atoms with Crippen molar-refractivity contribution in [1.29, 1.82) is 0 Å². The van der Waals surface area contributed by atoms with E-state index in [-0.39, 0.29) is 11.5 Å². The summed E-state index contributed by atoms with van der Waals surface area (Å²) in [6, 6.07) is 9.43. The highest BCUT2D eigenvalue weighted by Gasteiger charge is 2.22. The third-order valence-electron chi connectivity index (χ3n) is 5.37. The van der Waals surface area contributed by atoms with Gasteiger partial charge in [-0.2, -0.15) is 0 Å². The number of hydrogen-bond donors (Lipinski definition) is 0. The van der Waals surface area contributed by atoms with Crippen LogP contribution >= 0.6 is 34.4 Å². The average molecular weight is 484 g/mol. The van der Waals surface area contributed by atoms with Crippen molar-refractivity contribution in [2.75, 3.05) is 26.2 Å². The predicted octanol–water partition coefficient (Wildman–Crippen LogP) is 3.46. The molecule has 0 spiro atoms. The molecule has 0 saturated carbocycles. The minimum Gasteiger partial charge on any atom is -0.336 e. The quantitative estimate of drug-likeness (QED) is 0.391. The van der Waals surface area contributed by atoms with Gasteiger partial charge in [-0.1, -0.05) is 0 Å². The van der Waals surface area contributed by atoms with Crippen LogP contribution < -0.4 is 5.56 Å². The lowest BCUT2D eigenvalue weighted by molar-refractivity contribution is 0.0627. The van der Waals surface area contributed by atoms with E-state index in [9.17, 15) is 9.59 Å². The molecule has 1 fully saturated rings. The summed E-state index contributed by atoms with van der Waals surface area (Å²) in [6.45, 7) is 3.48. The Hall–Kier alpha value is -2.53. The largest absolute Gasteiger partial charge is 0.336 e. The van der Waals surface area contributed by atoms with Gasteiger partial charge in [0.2, 0.25) is 0 Å². The lowest BCUT2D eigenvalue weighted by atomic mass is 10.2. The van der Waals surface area contributed by atoms with Gasteiger partial charge in [0.1, 0.15) is 0 Å². The van der Waals surface area contributed by atoms with Crippen LogP contribution in [0.3, 0.4) is 0 Å². The highest BCUT2D eigenvalue weighted by atomic mass is 32.2. The number of rotatable bonds is 6. The molecule has 10 heteroatoms. The van der Waals surface area contributed by atoms with Crippen LogP contribution in [0.5, 0.6) is 0 Å². The third kappa shape index (κ3) is 4.78. The van der Waals surface area contributed by atoms with Gasteiger partial charge in [0.15, 0.2) is 4.96 Å². The van der Waals surface area contributed by atoms with Crippen molar-refractivity contribution >= 4 is 45.3 Å². The first-order chi connectivity index (χ1) is 15.7. The molecule has 1 saturated heterocycles. The number of carbonyl (C=O) groups excluding carboxylic acids is 1. The molecule has 0 radical (unpaired) electrons. The number of hydrogen-bond acceptors (Lipinski definition) is 8. The first-order valence-electron chi connectivity index (χ1n) is 10.2.